The Labute approximate surface area is 115 Å². The van der Waals surface area contributed by atoms with Crippen molar-refractivity contribution < 1.29 is 9.50 Å². The maximum absolute atomic E-state index is 12.8. The first-order valence-electron chi connectivity index (χ1n) is 6.11. The third-order valence-corrected chi connectivity index (χ3v) is 2.92. The van der Waals surface area contributed by atoms with Crippen molar-refractivity contribution in [1.29, 1.82) is 0 Å². The van der Waals surface area contributed by atoms with E-state index < -0.39 is 0 Å². The summed E-state index contributed by atoms with van der Waals surface area (Å²) < 4.78 is 12.8. The molecule has 0 heterocycles. The van der Waals surface area contributed by atoms with Gasteiger partial charge in [-0.25, -0.2) is 4.39 Å². The van der Waals surface area contributed by atoms with E-state index in [1.807, 2.05) is 24.3 Å². The van der Waals surface area contributed by atoms with Crippen molar-refractivity contribution in [2.75, 3.05) is 0 Å². The number of hydrogen-bond acceptors (Lipinski definition) is 3. The Bertz CT molecular complexity index is 782. The maximum atomic E-state index is 12.8. The highest BCUT2D eigenvalue weighted by Gasteiger charge is 2.02. The van der Waals surface area contributed by atoms with Crippen LogP contribution in [0.4, 0.5) is 15.8 Å². The fourth-order valence-electron chi connectivity index (χ4n) is 1.98. The van der Waals surface area contributed by atoms with Crippen LogP contribution in [-0.4, -0.2) is 5.11 Å². The molecule has 20 heavy (non-hydrogen) atoms. The van der Waals surface area contributed by atoms with Gasteiger partial charge in [-0.15, -0.1) is 5.11 Å². The van der Waals surface area contributed by atoms with Gasteiger partial charge < -0.3 is 5.11 Å². The molecule has 0 atom stereocenters. The fraction of sp³-hybridized carbons (Fsp3) is 0. The number of azo groups is 1. The van der Waals surface area contributed by atoms with Crippen molar-refractivity contribution >= 4 is 22.1 Å². The van der Waals surface area contributed by atoms with E-state index >= 15 is 0 Å². The van der Waals surface area contributed by atoms with Gasteiger partial charge in [0.25, 0.3) is 0 Å². The number of aromatic hydroxyl groups is 1. The fourth-order valence-corrected chi connectivity index (χ4v) is 1.98. The number of phenolic OH excluding ortho intramolecular Hbond substituents is 1. The topological polar surface area (TPSA) is 45.0 Å². The summed E-state index contributed by atoms with van der Waals surface area (Å²) in [6.45, 7) is 0. The predicted molar refractivity (Wildman–Crippen MR) is 76.2 cm³/mol. The molecule has 3 nitrogen and oxygen atoms in total. The van der Waals surface area contributed by atoms with Crippen LogP contribution < -0.4 is 0 Å². The second-order valence-electron chi connectivity index (χ2n) is 4.36. The highest BCUT2D eigenvalue weighted by Crippen LogP contribution is 2.31. The van der Waals surface area contributed by atoms with E-state index in [9.17, 15) is 9.50 Å². The molecule has 0 spiro atoms. The second-order valence-corrected chi connectivity index (χ2v) is 4.36. The molecule has 4 heteroatoms. The number of hydrogen-bond donors (Lipinski definition) is 1. The summed E-state index contributed by atoms with van der Waals surface area (Å²) in [7, 11) is 0. The molecule has 98 valence electrons. The normalized spacial score (nSPS) is 11.2. The van der Waals surface area contributed by atoms with Crippen molar-refractivity contribution in [1.82, 2.24) is 0 Å². The van der Waals surface area contributed by atoms with Gasteiger partial charge in [0.2, 0.25) is 0 Å². The molecule has 0 aliphatic heterocycles. The first-order chi connectivity index (χ1) is 9.72. The largest absolute Gasteiger partial charge is 0.508 e. The molecular formula is C16H11FN2O. The van der Waals surface area contributed by atoms with Gasteiger partial charge in [-0.2, -0.15) is 5.11 Å². The SMILES string of the molecule is Oc1cc(N=Nc2ccc(F)cc2)c2ccccc2c1. The summed E-state index contributed by atoms with van der Waals surface area (Å²) >= 11 is 0. The summed E-state index contributed by atoms with van der Waals surface area (Å²) in [5.74, 6) is -0.177. The number of benzene rings is 3. The van der Waals surface area contributed by atoms with Gasteiger partial charge in [0.05, 0.1) is 11.4 Å². The van der Waals surface area contributed by atoms with E-state index in [2.05, 4.69) is 10.2 Å². The van der Waals surface area contributed by atoms with Crippen molar-refractivity contribution in [3.05, 3.63) is 66.5 Å². The third kappa shape index (κ3) is 2.49. The highest BCUT2D eigenvalue weighted by atomic mass is 19.1. The molecule has 0 bridgehead atoms. The molecule has 0 aliphatic rings. The number of fused-ring (bicyclic) bond motifs is 1. The van der Waals surface area contributed by atoms with E-state index in [1.165, 1.54) is 12.1 Å². The van der Waals surface area contributed by atoms with Gasteiger partial charge in [0.15, 0.2) is 0 Å². The standard InChI is InChI=1S/C16H11FN2O/c17-12-5-7-13(8-6-12)18-19-16-10-14(20)9-11-3-1-2-4-15(11)16/h1-10,20H. The molecule has 3 aromatic carbocycles. The van der Waals surface area contributed by atoms with Crippen LogP contribution in [0.25, 0.3) is 10.8 Å². The summed E-state index contributed by atoms with van der Waals surface area (Å²) in [5, 5.41) is 19.7. The Hall–Kier alpha value is -2.75. The molecule has 0 unspecified atom stereocenters. The lowest BCUT2D eigenvalue weighted by Gasteiger charge is -2.02. The Kier molecular flexibility index (Phi) is 3.13. The number of nitrogens with zero attached hydrogens (tertiary/aromatic N) is 2. The molecule has 0 saturated carbocycles. The average Bonchev–Trinajstić information content (AvgIpc) is 2.46. The molecular weight excluding hydrogens is 255 g/mol. The van der Waals surface area contributed by atoms with Crippen molar-refractivity contribution in [3.63, 3.8) is 0 Å². The monoisotopic (exact) mass is 266 g/mol. The molecule has 3 aromatic rings. The minimum absolute atomic E-state index is 0.136. The summed E-state index contributed by atoms with van der Waals surface area (Å²) in [5.41, 5.74) is 1.13. The second kappa shape index (κ2) is 5.09. The maximum Gasteiger partial charge on any atom is 0.123 e. The van der Waals surface area contributed by atoms with Crippen LogP contribution in [0.1, 0.15) is 0 Å². The van der Waals surface area contributed by atoms with Gasteiger partial charge in [0.1, 0.15) is 11.6 Å². The Morgan fingerprint density at radius 3 is 2.40 bits per heavy atom. The molecule has 0 aliphatic carbocycles. The zero-order chi connectivity index (χ0) is 13.9. The molecule has 0 aromatic heterocycles. The quantitative estimate of drug-likeness (QED) is 0.644. The summed E-state index contributed by atoms with van der Waals surface area (Å²) in [6.07, 6.45) is 0. The Morgan fingerprint density at radius 2 is 1.60 bits per heavy atom. The van der Waals surface area contributed by atoms with Crippen molar-refractivity contribution in [2.24, 2.45) is 10.2 Å². The predicted octanol–water partition coefficient (Wildman–Crippen LogP) is 5.10. The van der Waals surface area contributed by atoms with Crippen LogP contribution in [0.3, 0.4) is 0 Å². The van der Waals surface area contributed by atoms with Crippen LogP contribution in [0, 0.1) is 5.82 Å². The highest BCUT2D eigenvalue weighted by molar-refractivity contribution is 5.93. The zero-order valence-corrected chi connectivity index (χ0v) is 10.5. The molecule has 3 rings (SSSR count). The first kappa shape index (κ1) is 12.3. The van der Waals surface area contributed by atoms with Gasteiger partial charge in [0, 0.05) is 11.5 Å². The number of rotatable bonds is 2. The summed E-state index contributed by atoms with van der Waals surface area (Å²) in [4.78, 5) is 0. The summed E-state index contributed by atoms with van der Waals surface area (Å²) in [6, 6.07) is 16.6. The third-order valence-electron chi connectivity index (χ3n) is 2.92. The molecule has 1 N–H and O–H groups in total. The van der Waals surface area contributed by atoms with Gasteiger partial charge in [-0.05, 0) is 35.7 Å². The van der Waals surface area contributed by atoms with E-state index in [0.717, 1.165) is 10.8 Å². The van der Waals surface area contributed by atoms with Crippen LogP contribution >= 0.6 is 0 Å². The Morgan fingerprint density at radius 1 is 0.850 bits per heavy atom. The van der Waals surface area contributed by atoms with Crippen molar-refractivity contribution in [3.8, 4) is 5.75 Å². The number of phenols is 1. The molecule has 0 saturated heterocycles. The van der Waals surface area contributed by atoms with Crippen LogP contribution in [0.15, 0.2) is 70.9 Å². The van der Waals surface area contributed by atoms with E-state index in [-0.39, 0.29) is 11.6 Å². The average molecular weight is 266 g/mol. The van der Waals surface area contributed by atoms with Gasteiger partial charge >= 0.3 is 0 Å². The Balaban J connectivity index is 2.04. The molecule has 0 radical (unpaired) electrons. The van der Waals surface area contributed by atoms with Gasteiger partial charge in [-0.3, -0.25) is 0 Å². The smallest absolute Gasteiger partial charge is 0.123 e. The van der Waals surface area contributed by atoms with Crippen LogP contribution in [-0.2, 0) is 0 Å². The van der Waals surface area contributed by atoms with E-state index in [0.29, 0.717) is 11.4 Å². The molecule has 0 fully saturated rings. The zero-order valence-electron chi connectivity index (χ0n) is 10.5. The minimum Gasteiger partial charge on any atom is -0.508 e. The van der Waals surface area contributed by atoms with Crippen LogP contribution in [0.2, 0.25) is 0 Å². The lowest BCUT2D eigenvalue weighted by Crippen LogP contribution is -1.74. The van der Waals surface area contributed by atoms with Crippen LogP contribution in [0.5, 0.6) is 5.75 Å². The van der Waals surface area contributed by atoms with E-state index in [4.69, 9.17) is 0 Å². The van der Waals surface area contributed by atoms with Gasteiger partial charge in [-0.1, -0.05) is 24.3 Å². The van der Waals surface area contributed by atoms with Crippen molar-refractivity contribution in [2.45, 2.75) is 0 Å². The number of halogens is 1. The lowest BCUT2D eigenvalue weighted by atomic mass is 10.1. The lowest BCUT2D eigenvalue weighted by molar-refractivity contribution is 0.476. The van der Waals surface area contributed by atoms with E-state index in [1.54, 1.807) is 24.3 Å². The molecule has 0 amide bonds. The first-order valence-corrected chi connectivity index (χ1v) is 6.11. The minimum atomic E-state index is -0.313.